The first-order valence-corrected chi connectivity index (χ1v) is 13.0. The average Bonchev–Trinajstić information content (AvgIpc) is 3.42. The molecule has 0 bridgehead atoms. The molecule has 1 aliphatic heterocycles. The molecule has 0 saturated carbocycles. The van der Waals surface area contributed by atoms with Crippen LogP contribution < -0.4 is 11.5 Å². The number of aromatic nitrogens is 4. The molecule has 0 unspecified atom stereocenters. The third-order valence-electron chi connectivity index (χ3n) is 6.35. The van der Waals surface area contributed by atoms with E-state index in [1.54, 1.807) is 17.0 Å². The van der Waals surface area contributed by atoms with Gasteiger partial charge in [0.05, 0.1) is 22.6 Å². The number of carboxylic acids is 1. The molecular formula is C26H26N6O5S. The molecule has 0 amide bonds. The number of para-hydroxylation sites is 1. The molecule has 0 spiro atoms. The van der Waals surface area contributed by atoms with Crippen molar-refractivity contribution in [2.75, 3.05) is 17.2 Å². The molecule has 1 aromatic carbocycles. The van der Waals surface area contributed by atoms with Gasteiger partial charge >= 0.3 is 5.97 Å². The van der Waals surface area contributed by atoms with Gasteiger partial charge in [0, 0.05) is 29.1 Å². The van der Waals surface area contributed by atoms with E-state index in [2.05, 4.69) is 26.8 Å². The number of aliphatic hydroxyl groups excluding tert-OH is 2. The van der Waals surface area contributed by atoms with Crippen LogP contribution in [-0.2, 0) is 9.53 Å². The topological polar surface area (TPSA) is 183 Å². The highest BCUT2D eigenvalue weighted by atomic mass is 32.2. The summed E-state index contributed by atoms with van der Waals surface area (Å²) in [6, 6.07) is 8.75. The minimum atomic E-state index is -1.24. The minimum absolute atomic E-state index is 0.226. The maximum absolute atomic E-state index is 10.9. The van der Waals surface area contributed by atoms with Crippen LogP contribution in [-0.4, -0.2) is 76.7 Å². The standard InChI is InChI=1S/C26H26N6O5S/c27-17(26(35)36)7-8-38-12-19-21(33)22(34)25(37-19)32-11-16(20-23(28)30-13-31-24(20)32)6-5-14-9-15-3-1-2-4-18(15)29-10-14/h1-4,9-11,13,17,19,21-22,25,33-34H,7-8,12,27H2,(H,35,36)(H2,28,30,31)/t17-,19+,21+,22+,25+/m0/s1. The first-order chi connectivity index (χ1) is 18.3. The summed E-state index contributed by atoms with van der Waals surface area (Å²) < 4.78 is 7.64. The van der Waals surface area contributed by atoms with Gasteiger partial charge in [-0.1, -0.05) is 30.0 Å². The summed E-state index contributed by atoms with van der Waals surface area (Å²) in [6.07, 6.45) is 0.952. The summed E-state index contributed by atoms with van der Waals surface area (Å²) in [5.41, 5.74) is 14.3. The van der Waals surface area contributed by atoms with E-state index in [0.717, 1.165) is 10.9 Å². The summed E-state index contributed by atoms with van der Waals surface area (Å²) >= 11 is 1.39. The summed E-state index contributed by atoms with van der Waals surface area (Å²) in [5, 5.41) is 31.9. The Hall–Kier alpha value is -3.73. The van der Waals surface area contributed by atoms with Gasteiger partial charge in [-0.25, -0.2) is 9.97 Å². The van der Waals surface area contributed by atoms with Crippen LogP contribution in [0, 0.1) is 11.8 Å². The fraction of sp³-hybridized carbons (Fsp3) is 0.308. The Morgan fingerprint density at radius 1 is 1.18 bits per heavy atom. The van der Waals surface area contributed by atoms with Gasteiger partial charge in [0.2, 0.25) is 0 Å². The average molecular weight is 535 g/mol. The number of carboxylic acid groups (broad SMARTS) is 1. The lowest BCUT2D eigenvalue weighted by atomic mass is 10.1. The Morgan fingerprint density at radius 3 is 2.82 bits per heavy atom. The Bertz CT molecular complexity index is 1550. The van der Waals surface area contributed by atoms with Crippen LogP contribution >= 0.6 is 11.8 Å². The van der Waals surface area contributed by atoms with Crippen LogP contribution in [0.5, 0.6) is 0 Å². The number of anilines is 1. The Kier molecular flexibility index (Phi) is 7.46. The van der Waals surface area contributed by atoms with Gasteiger partial charge in [-0.2, -0.15) is 11.8 Å². The van der Waals surface area contributed by atoms with Crippen molar-refractivity contribution >= 4 is 45.5 Å². The van der Waals surface area contributed by atoms with E-state index in [1.165, 1.54) is 18.1 Å². The highest BCUT2D eigenvalue weighted by molar-refractivity contribution is 7.99. The zero-order valence-electron chi connectivity index (χ0n) is 20.1. The smallest absolute Gasteiger partial charge is 0.320 e. The van der Waals surface area contributed by atoms with Crippen LogP contribution in [0.25, 0.3) is 21.9 Å². The number of nitrogen functional groups attached to an aromatic ring is 1. The number of rotatable bonds is 7. The molecule has 1 saturated heterocycles. The molecule has 38 heavy (non-hydrogen) atoms. The van der Waals surface area contributed by atoms with Crippen molar-refractivity contribution in [2.45, 2.75) is 37.0 Å². The molecule has 5 rings (SSSR count). The number of fused-ring (bicyclic) bond motifs is 2. The van der Waals surface area contributed by atoms with Crippen molar-refractivity contribution in [3.05, 3.63) is 60.2 Å². The molecule has 196 valence electrons. The zero-order chi connectivity index (χ0) is 26.8. The predicted octanol–water partition coefficient (Wildman–Crippen LogP) is 1.12. The quantitative estimate of drug-likeness (QED) is 0.169. The number of aliphatic carboxylic acids is 1. The molecule has 4 aromatic rings. The fourth-order valence-electron chi connectivity index (χ4n) is 4.31. The normalized spacial score (nSPS) is 21.9. The van der Waals surface area contributed by atoms with Crippen molar-refractivity contribution < 1.29 is 24.9 Å². The summed E-state index contributed by atoms with van der Waals surface area (Å²) in [7, 11) is 0. The molecule has 1 fully saturated rings. The number of nitrogens with two attached hydrogens (primary N) is 2. The van der Waals surface area contributed by atoms with Gasteiger partial charge < -0.3 is 36.1 Å². The second kappa shape index (κ2) is 10.9. The number of thioether (sulfide) groups is 1. The second-order valence-corrected chi connectivity index (χ2v) is 10.1. The molecular weight excluding hydrogens is 508 g/mol. The largest absolute Gasteiger partial charge is 0.480 e. The first kappa shape index (κ1) is 25.9. The number of benzene rings is 1. The number of hydrogen-bond donors (Lipinski definition) is 5. The number of carbonyl (C=O) groups is 1. The molecule has 4 heterocycles. The monoisotopic (exact) mass is 534 g/mol. The first-order valence-electron chi connectivity index (χ1n) is 11.9. The molecule has 1 aliphatic rings. The third-order valence-corrected chi connectivity index (χ3v) is 7.44. The number of nitrogens with zero attached hydrogens (tertiary/aromatic N) is 4. The van der Waals surface area contributed by atoms with Crippen LogP contribution in [0.2, 0.25) is 0 Å². The van der Waals surface area contributed by atoms with E-state index in [-0.39, 0.29) is 12.2 Å². The number of hydrogen-bond acceptors (Lipinski definition) is 10. The van der Waals surface area contributed by atoms with E-state index in [0.29, 0.717) is 33.7 Å². The second-order valence-electron chi connectivity index (χ2n) is 8.93. The van der Waals surface area contributed by atoms with Crippen LogP contribution in [0.3, 0.4) is 0 Å². The lowest BCUT2D eigenvalue weighted by Crippen LogP contribution is -2.33. The van der Waals surface area contributed by atoms with Crippen molar-refractivity contribution in [3.63, 3.8) is 0 Å². The summed E-state index contributed by atoms with van der Waals surface area (Å²) in [4.78, 5) is 23.8. The number of pyridine rings is 1. The fourth-order valence-corrected chi connectivity index (χ4v) is 5.40. The van der Waals surface area contributed by atoms with E-state index in [9.17, 15) is 15.0 Å². The van der Waals surface area contributed by atoms with Crippen molar-refractivity contribution in [3.8, 4) is 11.8 Å². The van der Waals surface area contributed by atoms with Gasteiger partial charge in [-0.05, 0) is 24.3 Å². The summed E-state index contributed by atoms with van der Waals surface area (Å²) in [5.74, 6) is 6.21. The molecule has 3 aromatic heterocycles. The maximum atomic E-state index is 10.9. The summed E-state index contributed by atoms with van der Waals surface area (Å²) in [6.45, 7) is 0. The molecule has 11 nitrogen and oxygen atoms in total. The number of ether oxygens (including phenoxy) is 1. The lowest BCUT2D eigenvalue weighted by molar-refractivity contribution is -0.138. The molecule has 5 atom stereocenters. The van der Waals surface area contributed by atoms with Gasteiger partial charge in [-0.15, -0.1) is 0 Å². The zero-order valence-corrected chi connectivity index (χ0v) is 21.0. The van der Waals surface area contributed by atoms with E-state index in [1.807, 2.05) is 30.3 Å². The molecule has 0 aliphatic carbocycles. The van der Waals surface area contributed by atoms with Crippen molar-refractivity contribution in [2.24, 2.45) is 5.73 Å². The van der Waals surface area contributed by atoms with Crippen LogP contribution in [0.15, 0.2) is 49.1 Å². The van der Waals surface area contributed by atoms with E-state index < -0.39 is 36.6 Å². The molecule has 0 radical (unpaired) electrons. The lowest BCUT2D eigenvalue weighted by Gasteiger charge is -2.17. The Balaban J connectivity index is 1.39. The third kappa shape index (κ3) is 5.15. The highest BCUT2D eigenvalue weighted by Gasteiger charge is 2.44. The minimum Gasteiger partial charge on any atom is -0.480 e. The van der Waals surface area contributed by atoms with Crippen LogP contribution in [0.1, 0.15) is 23.8 Å². The van der Waals surface area contributed by atoms with E-state index in [4.69, 9.17) is 21.3 Å². The van der Waals surface area contributed by atoms with Gasteiger partial charge in [-0.3, -0.25) is 9.78 Å². The van der Waals surface area contributed by atoms with Crippen LogP contribution in [0.4, 0.5) is 5.82 Å². The Labute approximate surface area is 221 Å². The SMILES string of the molecule is Nc1ncnc2c1c(C#Cc1cnc3ccccc3c1)cn2[C@@H]1O[C@H](CSCC[C@H](N)C(=O)O)[C@@H](O)[C@H]1O. The van der Waals surface area contributed by atoms with Gasteiger partial charge in [0.15, 0.2) is 6.23 Å². The Morgan fingerprint density at radius 2 is 2.00 bits per heavy atom. The predicted molar refractivity (Wildman–Crippen MR) is 143 cm³/mol. The van der Waals surface area contributed by atoms with E-state index >= 15 is 0 Å². The van der Waals surface area contributed by atoms with Gasteiger partial charge in [0.1, 0.15) is 36.0 Å². The maximum Gasteiger partial charge on any atom is 0.320 e. The molecule has 12 heteroatoms. The van der Waals surface area contributed by atoms with Crippen molar-refractivity contribution in [1.82, 2.24) is 19.5 Å². The highest BCUT2D eigenvalue weighted by Crippen LogP contribution is 2.35. The van der Waals surface area contributed by atoms with Gasteiger partial charge in [0.25, 0.3) is 0 Å². The van der Waals surface area contributed by atoms with Crippen molar-refractivity contribution in [1.29, 1.82) is 0 Å². The number of aliphatic hydroxyl groups is 2. The molecule has 7 N–H and O–H groups in total.